The first-order chi connectivity index (χ1) is 11.7. The smallest absolute Gasteiger partial charge is 0.225 e. The molecule has 124 valence electrons. The van der Waals surface area contributed by atoms with Crippen LogP contribution in [0.15, 0.2) is 24.3 Å². The fourth-order valence-corrected chi connectivity index (χ4v) is 5.09. The maximum absolute atomic E-state index is 6.20. The van der Waals surface area contributed by atoms with Crippen molar-refractivity contribution in [3.63, 3.8) is 0 Å². The molecule has 0 saturated carbocycles. The monoisotopic (exact) mass is 357 g/mol. The number of thiophene rings is 1. The molecular formula is C19H20ClN3S. The van der Waals surface area contributed by atoms with E-state index in [-0.39, 0.29) is 0 Å². The third-order valence-electron chi connectivity index (χ3n) is 4.78. The van der Waals surface area contributed by atoms with E-state index in [1.807, 2.05) is 6.07 Å². The number of nitrogens with one attached hydrogen (secondary N) is 1. The Bertz CT molecular complexity index is 903. The molecule has 1 aliphatic rings. The van der Waals surface area contributed by atoms with E-state index in [4.69, 9.17) is 11.6 Å². The highest BCUT2D eigenvalue weighted by atomic mass is 35.5. The van der Waals surface area contributed by atoms with Gasteiger partial charge in [0.15, 0.2) is 0 Å². The van der Waals surface area contributed by atoms with Gasteiger partial charge in [-0.15, -0.1) is 11.3 Å². The van der Waals surface area contributed by atoms with Crippen LogP contribution in [0, 0.1) is 5.92 Å². The van der Waals surface area contributed by atoms with Crippen LogP contribution in [-0.2, 0) is 19.3 Å². The van der Waals surface area contributed by atoms with Crippen LogP contribution < -0.4 is 5.32 Å². The molecule has 1 N–H and O–H groups in total. The van der Waals surface area contributed by atoms with E-state index in [0.29, 0.717) is 5.28 Å². The number of rotatable bonds is 3. The normalized spacial score (nSPS) is 17.0. The molecule has 0 bridgehead atoms. The predicted octanol–water partition coefficient (Wildman–Crippen LogP) is 5.78. The summed E-state index contributed by atoms with van der Waals surface area (Å²) in [6, 6.07) is 8.36. The lowest BCUT2D eigenvalue weighted by Crippen LogP contribution is -2.09. The Morgan fingerprint density at radius 3 is 2.96 bits per heavy atom. The van der Waals surface area contributed by atoms with E-state index in [9.17, 15) is 0 Å². The van der Waals surface area contributed by atoms with Crippen LogP contribution in [-0.4, -0.2) is 9.97 Å². The van der Waals surface area contributed by atoms with Crippen LogP contribution in [0.3, 0.4) is 0 Å². The Balaban J connectivity index is 1.85. The van der Waals surface area contributed by atoms with Crippen molar-refractivity contribution in [1.82, 2.24) is 9.97 Å². The molecule has 3 nitrogen and oxygen atoms in total. The summed E-state index contributed by atoms with van der Waals surface area (Å²) in [6.07, 6.45) is 4.45. The summed E-state index contributed by atoms with van der Waals surface area (Å²) in [4.78, 5) is 11.5. The van der Waals surface area contributed by atoms with Crippen molar-refractivity contribution in [3.8, 4) is 0 Å². The highest BCUT2D eigenvalue weighted by Gasteiger charge is 2.24. The van der Waals surface area contributed by atoms with Crippen molar-refractivity contribution >= 4 is 44.7 Å². The van der Waals surface area contributed by atoms with Gasteiger partial charge < -0.3 is 5.32 Å². The first-order valence-corrected chi connectivity index (χ1v) is 9.68. The first kappa shape index (κ1) is 15.9. The largest absolute Gasteiger partial charge is 0.339 e. The summed E-state index contributed by atoms with van der Waals surface area (Å²) < 4.78 is 0. The number of nitrogens with zero attached hydrogens (tertiary/aromatic N) is 2. The highest BCUT2D eigenvalue weighted by Crippen LogP contribution is 2.41. The number of halogens is 1. The average Bonchev–Trinajstić information content (AvgIpc) is 2.92. The Kier molecular flexibility index (Phi) is 4.19. The van der Waals surface area contributed by atoms with Crippen molar-refractivity contribution in [2.45, 2.75) is 39.5 Å². The molecule has 2 aromatic heterocycles. The maximum atomic E-state index is 6.20. The lowest BCUT2D eigenvalue weighted by molar-refractivity contribution is 0.509. The summed E-state index contributed by atoms with van der Waals surface area (Å²) in [5, 5.41) is 5.00. The maximum Gasteiger partial charge on any atom is 0.225 e. The second-order valence-corrected chi connectivity index (χ2v) is 7.93. The Labute approximate surface area is 151 Å². The van der Waals surface area contributed by atoms with E-state index in [1.54, 1.807) is 11.3 Å². The number of anilines is 2. The van der Waals surface area contributed by atoms with Crippen LogP contribution in [0.5, 0.6) is 0 Å². The van der Waals surface area contributed by atoms with Crippen molar-refractivity contribution < 1.29 is 0 Å². The number of aryl methyl sites for hydroxylation is 2. The van der Waals surface area contributed by atoms with E-state index >= 15 is 0 Å². The van der Waals surface area contributed by atoms with Crippen LogP contribution in [0.25, 0.3) is 10.2 Å². The van der Waals surface area contributed by atoms with Gasteiger partial charge in [-0.1, -0.05) is 32.0 Å². The van der Waals surface area contributed by atoms with E-state index in [2.05, 4.69) is 47.3 Å². The summed E-state index contributed by atoms with van der Waals surface area (Å²) >= 11 is 7.98. The summed E-state index contributed by atoms with van der Waals surface area (Å²) in [5.41, 5.74) is 3.79. The van der Waals surface area contributed by atoms with Gasteiger partial charge in [0, 0.05) is 10.6 Å². The lowest BCUT2D eigenvalue weighted by atomic mass is 9.89. The Morgan fingerprint density at radius 1 is 1.29 bits per heavy atom. The molecule has 1 aliphatic carbocycles. The molecule has 0 fully saturated rings. The molecule has 1 aromatic carbocycles. The molecule has 24 heavy (non-hydrogen) atoms. The van der Waals surface area contributed by atoms with Crippen LogP contribution in [0.4, 0.5) is 11.5 Å². The number of hydrogen-bond acceptors (Lipinski definition) is 4. The number of aromatic nitrogens is 2. The third-order valence-corrected chi connectivity index (χ3v) is 6.10. The third kappa shape index (κ3) is 2.78. The average molecular weight is 358 g/mol. The molecule has 4 rings (SSSR count). The minimum Gasteiger partial charge on any atom is -0.339 e. The van der Waals surface area contributed by atoms with Crippen LogP contribution >= 0.6 is 22.9 Å². The fraction of sp³-hybridized carbons (Fsp3) is 0.368. The van der Waals surface area contributed by atoms with Gasteiger partial charge in [-0.05, 0) is 60.4 Å². The topological polar surface area (TPSA) is 37.8 Å². The molecule has 3 aromatic rings. The summed E-state index contributed by atoms with van der Waals surface area (Å²) in [5.74, 6) is 1.59. The number of para-hydroxylation sites is 1. The molecular weight excluding hydrogens is 338 g/mol. The summed E-state index contributed by atoms with van der Waals surface area (Å²) in [7, 11) is 0. The van der Waals surface area contributed by atoms with Gasteiger partial charge in [0.1, 0.15) is 10.6 Å². The molecule has 0 saturated heterocycles. The van der Waals surface area contributed by atoms with Crippen LogP contribution in [0.2, 0.25) is 5.28 Å². The van der Waals surface area contributed by atoms with Gasteiger partial charge in [0.05, 0.1) is 5.39 Å². The quantitative estimate of drug-likeness (QED) is 0.604. The molecule has 5 heteroatoms. The zero-order valence-corrected chi connectivity index (χ0v) is 15.5. The van der Waals surface area contributed by atoms with E-state index in [1.165, 1.54) is 22.4 Å². The molecule has 1 unspecified atom stereocenters. The van der Waals surface area contributed by atoms with Crippen molar-refractivity contribution in [2.24, 2.45) is 5.92 Å². The highest BCUT2D eigenvalue weighted by molar-refractivity contribution is 7.19. The molecule has 0 amide bonds. The zero-order valence-electron chi connectivity index (χ0n) is 13.9. The fourth-order valence-electron chi connectivity index (χ4n) is 3.48. The number of benzene rings is 1. The Morgan fingerprint density at radius 2 is 2.12 bits per heavy atom. The predicted molar refractivity (Wildman–Crippen MR) is 103 cm³/mol. The van der Waals surface area contributed by atoms with E-state index in [0.717, 1.165) is 46.9 Å². The second-order valence-electron chi connectivity index (χ2n) is 6.51. The second kappa shape index (κ2) is 6.34. The van der Waals surface area contributed by atoms with Gasteiger partial charge in [-0.3, -0.25) is 0 Å². The molecule has 0 aliphatic heterocycles. The zero-order chi connectivity index (χ0) is 16.7. The Hall–Kier alpha value is -1.65. The molecule has 0 spiro atoms. The van der Waals surface area contributed by atoms with Crippen molar-refractivity contribution in [1.29, 1.82) is 0 Å². The number of hydrogen-bond donors (Lipinski definition) is 1. The van der Waals surface area contributed by atoms with Gasteiger partial charge >= 0.3 is 0 Å². The van der Waals surface area contributed by atoms with E-state index < -0.39 is 0 Å². The standard InChI is InChI=1S/C19H20ClN3S/c1-3-12-6-4-5-7-14(12)21-17-16-13-9-8-11(2)10-15(13)24-18(16)23-19(20)22-17/h4-7,11H,3,8-10H2,1-2H3,(H,21,22,23). The number of fused-ring (bicyclic) bond motifs is 3. The van der Waals surface area contributed by atoms with Crippen molar-refractivity contribution in [3.05, 3.63) is 45.6 Å². The SMILES string of the molecule is CCc1ccccc1Nc1nc(Cl)nc2sc3c(c12)CCC(C)C3. The van der Waals surface area contributed by atoms with Crippen molar-refractivity contribution in [2.75, 3.05) is 5.32 Å². The minimum atomic E-state index is 0.311. The summed E-state index contributed by atoms with van der Waals surface area (Å²) in [6.45, 7) is 4.49. The van der Waals surface area contributed by atoms with Gasteiger partial charge in [0.2, 0.25) is 5.28 Å². The lowest BCUT2D eigenvalue weighted by Gasteiger charge is -2.18. The minimum absolute atomic E-state index is 0.311. The molecule has 1 atom stereocenters. The van der Waals surface area contributed by atoms with Gasteiger partial charge in [-0.2, -0.15) is 4.98 Å². The van der Waals surface area contributed by atoms with Gasteiger partial charge in [-0.25, -0.2) is 4.98 Å². The molecule has 2 heterocycles. The first-order valence-electron chi connectivity index (χ1n) is 8.48. The van der Waals surface area contributed by atoms with Crippen LogP contribution in [0.1, 0.15) is 36.3 Å². The van der Waals surface area contributed by atoms with Gasteiger partial charge in [0.25, 0.3) is 0 Å². The molecule has 0 radical (unpaired) electrons.